The molecule has 2 atom stereocenters. The maximum absolute atomic E-state index is 13.1. The second-order valence-corrected chi connectivity index (χ2v) is 6.49. The van der Waals surface area contributed by atoms with Crippen LogP contribution in [0.1, 0.15) is 45.4 Å². The van der Waals surface area contributed by atoms with E-state index in [1.54, 1.807) is 0 Å². The van der Waals surface area contributed by atoms with Crippen LogP contribution in [-0.2, 0) is 9.53 Å². The van der Waals surface area contributed by atoms with Crippen molar-refractivity contribution < 1.29 is 18.3 Å². The number of esters is 1. The number of carbonyl (C=O) groups is 1. The highest BCUT2D eigenvalue weighted by Gasteiger charge is 2.62. The summed E-state index contributed by atoms with van der Waals surface area (Å²) < 4.78 is 31.3. The van der Waals surface area contributed by atoms with Crippen molar-refractivity contribution in [2.75, 3.05) is 6.61 Å². The lowest BCUT2D eigenvalue weighted by Gasteiger charge is -2.31. The van der Waals surface area contributed by atoms with Crippen LogP contribution in [0.2, 0.25) is 0 Å². The van der Waals surface area contributed by atoms with Crippen molar-refractivity contribution in [3.8, 4) is 0 Å². The number of hydrogen-bond acceptors (Lipinski definition) is 2. The maximum atomic E-state index is 13.1. The van der Waals surface area contributed by atoms with Crippen LogP contribution >= 0.6 is 0 Å². The molecule has 0 spiro atoms. The highest BCUT2D eigenvalue weighted by molar-refractivity contribution is 5.78. The molecule has 4 rings (SSSR count). The fourth-order valence-electron chi connectivity index (χ4n) is 4.55. The van der Waals surface area contributed by atoms with E-state index in [9.17, 15) is 13.6 Å². The molecule has 102 valence electrons. The third-order valence-electron chi connectivity index (χ3n) is 5.33. The SMILES string of the molecule is CCC(F)(F)COC(=O)C12CC3CC(CC1C3)C2. The molecule has 4 heteroatoms. The number of halogens is 2. The van der Waals surface area contributed by atoms with Gasteiger partial charge in [0.2, 0.25) is 0 Å². The molecule has 2 nitrogen and oxygen atoms in total. The molecule has 0 amide bonds. The average Bonchev–Trinajstić information content (AvgIpc) is 2.73. The molecule has 0 N–H and O–H groups in total. The Kier molecular flexibility index (Phi) is 2.69. The van der Waals surface area contributed by atoms with E-state index >= 15 is 0 Å². The normalized spacial score (nSPS) is 41.4. The number of rotatable bonds is 4. The summed E-state index contributed by atoms with van der Waals surface area (Å²) in [6.07, 6.45) is 4.93. The first-order valence-electron chi connectivity index (χ1n) is 7.00. The second kappa shape index (κ2) is 3.91. The van der Waals surface area contributed by atoms with Crippen LogP contribution in [0.3, 0.4) is 0 Å². The summed E-state index contributed by atoms with van der Waals surface area (Å²) in [4.78, 5) is 12.2. The van der Waals surface area contributed by atoms with Gasteiger partial charge in [-0.25, -0.2) is 8.78 Å². The van der Waals surface area contributed by atoms with E-state index in [1.165, 1.54) is 13.3 Å². The monoisotopic (exact) mass is 258 g/mol. The van der Waals surface area contributed by atoms with Crippen LogP contribution in [0.5, 0.6) is 0 Å². The highest BCUT2D eigenvalue weighted by atomic mass is 19.3. The third-order valence-corrected chi connectivity index (χ3v) is 5.33. The van der Waals surface area contributed by atoms with Gasteiger partial charge in [0, 0.05) is 6.42 Å². The predicted molar refractivity (Wildman–Crippen MR) is 62.2 cm³/mol. The number of alkyl halides is 2. The van der Waals surface area contributed by atoms with Crippen molar-refractivity contribution in [3.63, 3.8) is 0 Å². The van der Waals surface area contributed by atoms with E-state index in [0.717, 1.165) is 25.7 Å². The smallest absolute Gasteiger partial charge is 0.312 e. The molecular formula is C14H20F2O2. The third kappa shape index (κ3) is 1.76. The lowest BCUT2D eigenvalue weighted by atomic mass is 9.75. The Morgan fingerprint density at radius 3 is 2.44 bits per heavy atom. The molecule has 0 saturated heterocycles. The Balaban J connectivity index is 1.67. The number of ether oxygens (including phenoxy) is 1. The van der Waals surface area contributed by atoms with Crippen LogP contribution in [0.15, 0.2) is 0 Å². The molecular weight excluding hydrogens is 238 g/mol. The average molecular weight is 258 g/mol. The van der Waals surface area contributed by atoms with Crippen molar-refractivity contribution in [1.82, 2.24) is 0 Å². The molecule has 4 aliphatic rings. The summed E-state index contributed by atoms with van der Waals surface area (Å²) in [6.45, 7) is 0.668. The summed E-state index contributed by atoms with van der Waals surface area (Å²) in [6, 6.07) is 0. The minimum Gasteiger partial charge on any atom is -0.459 e. The first-order valence-corrected chi connectivity index (χ1v) is 7.00. The molecule has 18 heavy (non-hydrogen) atoms. The molecule has 0 aliphatic heterocycles. The van der Waals surface area contributed by atoms with Crippen LogP contribution in [0, 0.1) is 23.2 Å². The summed E-state index contributed by atoms with van der Waals surface area (Å²) in [5.74, 6) is -1.53. The van der Waals surface area contributed by atoms with Crippen LogP contribution in [-0.4, -0.2) is 18.5 Å². The molecule has 4 fully saturated rings. The van der Waals surface area contributed by atoms with Gasteiger partial charge in [-0.1, -0.05) is 6.92 Å². The van der Waals surface area contributed by atoms with Gasteiger partial charge in [-0.2, -0.15) is 0 Å². The van der Waals surface area contributed by atoms with Crippen molar-refractivity contribution in [2.45, 2.75) is 51.4 Å². The molecule has 0 aromatic carbocycles. The van der Waals surface area contributed by atoms with Crippen LogP contribution in [0.4, 0.5) is 8.78 Å². The molecule has 4 saturated carbocycles. The first kappa shape index (κ1) is 12.4. The Labute approximate surface area is 106 Å². The van der Waals surface area contributed by atoms with Crippen molar-refractivity contribution >= 4 is 5.97 Å². The fourth-order valence-corrected chi connectivity index (χ4v) is 4.55. The Hall–Kier alpha value is -0.670. The molecule has 0 aromatic heterocycles. The summed E-state index contributed by atoms with van der Waals surface area (Å²) in [7, 11) is 0. The van der Waals surface area contributed by atoms with Crippen molar-refractivity contribution in [1.29, 1.82) is 0 Å². The van der Waals surface area contributed by atoms with Crippen LogP contribution < -0.4 is 0 Å². The highest BCUT2D eigenvalue weighted by Crippen LogP contribution is 2.65. The minimum absolute atomic E-state index is 0.276. The van der Waals surface area contributed by atoms with Crippen molar-refractivity contribution in [2.24, 2.45) is 23.2 Å². The van der Waals surface area contributed by atoms with Gasteiger partial charge in [0.1, 0.15) is 0 Å². The lowest BCUT2D eigenvalue weighted by molar-refractivity contribution is -0.169. The molecule has 4 aliphatic carbocycles. The van der Waals surface area contributed by atoms with Crippen LogP contribution in [0.25, 0.3) is 0 Å². The largest absolute Gasteiger partial charge is 0.459 e. The molecule has 0 radical (unpaired) electrons. The van der Waals surface area contributed by atoms with Gasteiger partial charge in [0.25, 0.3) is 5.92 Å². The zero-order valence-corrected chi connectivity index (χ0v) is 10.8. The van der Waals surface area contributed by atoms with E-state index in [1.807, 2.05) is 0 Å². The summed E-state index contributed by atoms with van der Waals surface area (Å²) >= 11 is 0. The minimum atomic E-state index is -2.87. The molecule has 4 bridgehead atoms. The van der Waals surface area contributed by atoms with E-state index in [2.05, 4.69) is 0 Å². The summed E-state index contributed by atoms with van der Waals surface area (Å²) in [5.41, 5.74) is -0.391. The van der Waals surface area contributed by atoms with Gasteiger partial charge < -0.3 is 4.74 Å². The van der Waals surface area contributed by atoms with Gasteiger partial charge in [-0.05, 0) is 49.9 Å². The Morgan fingerprint density at radius 2 is 1.89 bits per heavy atom. The van der Waals surface area contributed by atoms with E-state index in [4.69, 9.17) is 4.74 Å². The Morgan fingerprint density at radius 1 is 1.28 bits per heavy atom. The number of carbonyl (C=O) groups excluding carboxylic acids is 1. The zero-order chi connectivity index (χ0) is 13.0. The van der Waals surface area contributed by atoms with E-state index < -0.39 is 17.9 Å². The van der Waals surface area contributed by atoms with E-state index in [-0.39, 0.29) is 12.4 Å². The van der Waals surface area contributed by atoms with E-state index in [0.29, 0.717) is 17.8 Å². The zero-order valence-electron chi connectivity index (χ0n) is 10.8. The standard InChI is InChI=1S/C14H20F2O2/c1-2-14(15,16)8-18-12(17)13-6-9-3-10(7-13)5-11(13)4-9/h9-11H,2-8H2,1H3. The van der Waals surface area contributed by atoms with Gasteiger partial charge in [0.05, 0.1) is 5.41 Å². The van der Waals surface area contributed by atoms with Gasteiger partial charge in [0.15, 0.2) is 6.61 Å². The predicted octanol–water partition coefficient (Wildman–Crippen LogP) is 3.40. The van der Waals surface area contributed by atoms with Gasteiger partial charge in [-0.15, -0.1) is 0 Å². The van der Waals surface area contributed by atoms with Gasteiger partial charge >= 0.3 is 5.97 Å². The fraction of sp³-hybridized carbons (Fsp3) is 0.929. The topological polar surface area (TPSA) is 26.3 Å². The quantitative estimate of drug-likeness (QED) is 0.722. The maximum Gasteiger partial charge on any atom is 0.312 e. The summed E-state index contributed by atoms with van der Waals surface area (Å²) in [5, 5.41) is 0. The molecule has 2 unspecified atom stereocenters. The first-order chi connectivity index (χ1) is 8.45. The van der Waals surface area contributed by atoms with Gasteiger partial charge in [-0.3, -0.25) is 4.79 Å². The molecule has 0 aromatic rings. The Bertz CT molecular complexity index is 353. The second-order valence-electron chi connectivity index (χ2n) is 6.49. The lowest BCUT2D eigenvalue weighted by Crippen LogP contribution is -2.37. The number of hydrogen-bond donors (Lipinski definition) is 0. The van der Waals surface area contributed by atoms with Crippen molar-refractivity contribution in [3.05, 3.63) is 0 Å². The molecule has 0 heterocycles.